The van der Waals surface area contributed by atoms with E-state index in [9.17, 15) is 14.7 Å². The van der Waals surface area contributed by atoms with Gasteiger partial charge in [-0.25, -0.2) is 4.68 Å². The molecule has 2 aromatic heterocycles. The normalized spacial score (nSPS) is 21.3. The zero-order valence-electron chi connectivity index (χ0n) is 15.1. The number of amides is 1. The van der Waals surface area contributed by atoms with Crippen LogP contribution in [0.3, 0.4) is 0 Å². The van der Waals surface area contributed by atoms with Gasteiger partial charge in [0.15, 0.2) is 5.78 Å². The maximum atomic E-state index is 13.2. The average molecular weight is 377 g/mol. The molecule has 2 aromatic rings. The van der Waals surface area contributed by atoms with E-state index >= 15 is 0 Å². The SMILES string of the molecule is CCC(=O)[C@@H]1C[C@@H](O)CN1C(=O)[C@H](C(C)C)n1cc(-c2cncs2)nn1. The van der Waals surface area contributed by atoms with Gasteiger partial charge in [-0.15, -0.1) is 16.4 Å². The Balaban J connectivity index is 1.88. The minimum absolute atomic E-state index is 0.0265. The lowest BCUT2D eigenvalue weighted by molar-refractivity contribution is -0.141. The third-order valence-electron chi connectivity index (χ3n) is 4.65. The number of hydrogen-bond donors (Lipinski definition) is 1. The fraction of sp³-hybridized carbons (Fsp3) is 0.588. The fourth-order valence-electron chi connectivity index (χ4n) is 3.34. The first-order valence-electron chi connectivity index (χ1n) is 8.74. The number of carbonyl (C=O) groups excluding carboxylic acids is 2. The molecular weight excluding hydrogens is 354 g/mol. The lowest BCUT2D eigenvalue weighted by atomic mass is 10.0. The molecule has 1 fully saturated rings. The van der Waals surface area contributed by atoms with Gasteiger partial charge in [-0.1, -0.05) is 26.0 Å². The van der Waals surface area contributed by atoms with Crippen molar-refractivity contribution >= 4 is 23.0 Å². The smallest absolute Gasteiger partial charge is 0.248 e. The maximum absolute atomic E-state index is 13.2. The molecule has 3 rings (SSSR count). The van der Waals surface area contributed by atoms with Crippen LogP contribution in [0.25, 0.3) is 10.6 Å². The Hall–Kier alpha value is -2.13. The molecule has 0 spiro atoms. The van der Waals surface area contributed by atoms with Gasteiger partial charge in [0.2, 0.25) is 5.91 Å². The zero-order valence-corrected chi connectivity index (χ0v) is 15.9. The van der Waals surface area contributed by atoms with Gasteiger partial charge in [0, 0.05) is 25.6 Å². The van der Waals surface area contributed by atoms with Crippen molar-refractivity contribution in [2.45, 2.75) is 51.8 Å². The van der Waals surface area contributed by atoms with Crippen molar-refractivity contribution in [3.63, 3.8) is 0 Å². The average Bonchev–Trinajstić information content (AvgIpc) is 3.33. The van der Waals surface area contributed by atoms with Crippen LogP contribution in [0.5, 0.6) is 0 Å². The van der Waals surface area contributed by atoms with E-state index in [-0.39, 0.29) is 24.2 Å². The van der Waals surface area contributed by atoms with Crippen molar-refractivity contribution in [2.75, 3.05) is 6.54 Å². The van der Waals surface area contributed by atoms with Crippen LogP contribution in [0.1, 0.15) is 39.7 Å². The number of aliphatic hydroxyl groups excluding tert-OH is 1. The van der Waals surface area contributed by atoms with E-state index in [1.165, 1.54) is 16.2 Å². The van der Waals surface area contributed by atoms with Crippen LogP contribution in [0.15, 0.2) is 17.9 Å². The minimum atomic E-state index is -0.671. The molecule has 0 bridgehead atoms. The second-order valence-electron chi connectivity index (χ2n) is 6.85. The quantitative estimate of drug-likeness (QED) is 0.819. The van der Waals surface area contributed by atoms with E-state index in [4.69, 9.17) is 0 Å². The molecule has 140 valence electrons. The van der Waals surface area contributed by atoms with Gasteiger partial charge < -0.3 is 10.0 Å². The Bertz CT molecular complexity index is 773. The van der Waals surface area contributed by atoms with Crippen molar-refractivity contribution in [1.82, 2.24) is 24.9 Å². The number of Topliss-reactive ketones (excluding diaryl/α,β-unsaturated/α-hetero) is 1. The molecule has 1 N–H and O–H groups in total. The van der Waals surface area contributed by atoms with Gasteiger partial charge in [-0.05, 0) is 5.92 Å². The lowest BCUT2D eigenvalue weighted by Crippen LogP contribution is -2.45. The first-order chi connectivity index (χ1) is 12.4. The number of thiazole rings is 1. The Kier molecular flexibility index (Phi) is 5.47. The highest BCUT2D eigenvalue weighted by molar-refractivity contribution is 7.13. The summed E-state index contributed by atoms with van der Waals surface area (Å²) < 4.78 is 1.56. The second-order valence-corrected chi connectivity index (χ2v) is 7.74. The van der Waals surface area contributed by atoms with Crippen molar-refractivity contribution in [3.05, 3.63) is 17.9 Å². The van der Waals surface area contributed by atoms with Crippen LogP contribution in [-0.2, 0) is 9.59 Å². The summed E-state index contributed by atoms with van der Waals surface area (Å²) in [5, 5.41) is 18.3. The van der Waals surface area contributed by atoms with Crippen molar-refractivity contribution in [3.8, 4) is 10.6 Å². The molecule has 0 unspecified atom stereocenters. The highest BCUT2D eigenvalue weighted by atomic mass is 32.1. The molecule has 3 atom stereocenters. The summed E-state index contributed by atoms with van der Waals surface area (Å²) in [5.74, 6) is -0.279. The van der Waals surface area contributed by atoms with Crippen molar-refractivity contribution < 1.29 is 14.7 Å². The zero-order chi connectivity index (χ0) is 18.8. The second kappa shape index (κ2) is 7.63. The van der Waals surface area contributed by atoms with Crippen LogP contribution >= 0.6 is 11.3 Å². The Morgan fingerprint density at radius 2 is 2.19 bits per heavy atom. The topological polar surface area (TPSA) is 101 Å². The third-order valence-corrected chi connectivity index (χ3v) is 5.44. The highest BCUT2D eigenvalue weighted by Gasteiger charge is 2.41. The standard InChI is InChI=1S/C17H23N5O3S/c1-4-14(24)13-5-11(23)7-21(13)17(25)16(10(2)3)22-8-12(19-20-22)15-6-18-9-26-15/h6,8-11,13,16,23H,4-5,7H2,1-3H3/t11-,13+,16+/m1/s1. The molecule has 0 aliphatic carbocycles. The predicted octanol–water partition coefficient (Wildman–Crippen LogP) is 1.54. The van der Waals surface area contributed by atoms with E-state index < -0.39 is 18.2 Å². The molecule has 3 heterocycles. The molecule has 26 heavy (non-hydrogen) atoms. The monoisotopic (exact) mass is 377 g/mol. The number of ketones is 1. The summed E-state index contributed by atoms with van der Waals surface area (Å²) in [6.45, 7) is 5.81. The van der Waals surface area contributed by atoms with Crippen LogP contribution in [0.2, 0.25) is 0 Å². The number of aromatic nitrogens is 4. The minimum Gasteiger partial charge on any atom is -0.391 e. The molecule has 1 aliphatic rings. The highest BCUT2D eigenvalue weighted by Crippen LogP contribution is 2.28. The van der Waals surface area contributed by atoms with Crippen LogP contribution in [0.4, 0.5) is 0 Å². The van der Waals surface area contributed by atoms with Gasteiger partial charge >= 0.3 is 0 Å². The summed E-state index contributed by atoms with van der Waals surface area (Å²) >= 11 is 1.45. The molecule has 0 aromatic carbocycles. The maximum Gasteiger partial charge on any atom is 0.248 e. The molecule has 1 amide bonds. The van der Waals surface area contributed by atoms with E-state index in [1.807, 2.05) is 13.8 Å². The molecule has 1 aliphatic heterocycles. The summed E-state index contributed by atoms with van der Waals surface area (Å²) in [6, 6.07) is -1.14. The fourth-order valence-corrected chi connectivity index (χ4v) is 3.91. The summed E-state index contributed by atoms with van der Waals surface area (Å²) in [6.07, 6.45) is 3.41. The van der Waals surface area contributed by atoms with Crippen LogP contribution < -0.4 is 0 Å². The Morgan fingerprint density at radius 3 is 2.81 bits per heavy atom. The molecular formula is C17H23N5O3S. The van der Waals surface area contributed by atoms with Gasteiger partial charge in [0.05, 0.1) is 28.7 Å². The number of rotatable bonds is 6. The van der Waals surface area contributed by atoms with E-state index in [0.29, 0.717) is 18.5 Å². The summed E-state index contributed by atoms with van der Waals surface area (Å²) in [7, 11) is 0. The molecule has 0 radical (unpaired) electrons. The van der Waals surface area contributed by atoms with Crippen molar-refractivity contribution in [2.24, 2.45) is 5.92 Å². The largest absolute Gasteiger partial charge is 0.391 e. The number of aliphatic hydroxyl groups is 1. The number of carbonyl (C=O) groups is 2. The molecule has 8 nitrogen and oxygen atoms in total. The van der Waals surface area contributed by atoms with E-state index in [0.717, 1.165) is 4.88 Å². The van der Waals surface area contributed by atoms with Gasteiger partial charge in [-0.2, -0.15) is 0 Å². The third kappa shape index (κ3) is 3.54. The first kappa shape index (κ1) is 18.7. The number of nitrogens with zero attached hydrogens (tertiary/aromatic N) is 5. The van der Waals surface area contributed by atoms with Gasteiger partial charge in [-0.3, -0.25) is 14.6 Å². The Morgan fingerprint density at radius 1 is 1.42 bits per heavy atom. The molecule has 9 heteroatoms. The van der Waals surface area contributed by atoms with Crippen molar-refractivity contribution in [1.29, 1.82) is 0 Å². The predicted molar refractivity (Wildman–Crippen MR) is 96.4 cm³/mol. The molecule has 0 saturated carbocycles. The van der Waals surface area contributed by atoms with E-state index in [2.05, 4.69) is 15.3 Å². The first-order valence-corrected chi connectivity index (χ1v) is 9.62. The number of likely N-dealkylation sites (tertiary alicyclic amines) is 1. The summed E-state index contributed by atoms with van der Waals surface area (Å²) in [5.41, 5.74) is 2.38. The number of β-amino-alcohol motifs (C(OH)–C–C–N with tert-alkyl or cyclic N) is 1. The van der Waals surface area contributed by atoms with E-state index in [1.54, 1.807) is 29.5 Å². The number of hydrogen-bond acceptors (Lipinski definition) is 7. The Labute approximate surface area is 155 Å². The lowest BCUT2D eigenvalue weighted by Gasteiger charge is -2.29. The molecule has 1 saturated heterocycles. The van der Waals surface area contributed by atoms with Gasteiger partial charge in [0.25, 0.3) is 0 Å². The summed E-state index contributed by atoms with van der Waals surface area (Å²) in [4.78, 5) is 31.9. The van der Waals surface area contributed by atoms with Crippen LogP contribution in [0, 0.1) is 5.92 Å². The van der Waals surface area contributed by atoms with Crippen LogP contribution in [-0.4, -0.2) is 60.4 Å². The van der Waals surface area contributed by atoms with Gasteiger partial charge in [0.1, 0.15) is 11.7 Å².